The molecule has 0 N–H and O–H groups in total. The average molecular weight is 268 g/mol. The van der Waals surface area contributed by atoms with Gasteiger partial charge in [-0.05, 0) is 24.6 Å². The summed E-state index contributed by atoms with van der Waals surface area (Å²) >= 11 is 0. The quantitative estimate of drug-likeness (QED) is 0.294. The molecule has 0 bridgehead atoms. The number of carbonyl (C=O) groups excluding carboxylic acids is 1. The molecule has 0 saturated carbocycles. The van der Waals surface area contributed by atoms with E-state index < -0.39 is 0 Å². The number of hydrogen-bond donors (Lipinski definition) is 0. The van der Waals surface area contributed by atoms with E-state index in [4.69, 9.17) is 9.15 Å². The van der Waals surface area contributed by atoms with Crippen molar-refractivity contribution in [3.05, 3.63) is 52.4 Å². The number of ether oxygens (including phenoxy) is 1. The van der Waals surface area contributed by atoms with Gasteiger partial charge in [0.15, 0.2) is 0 Å². The monoisotopic (exact) mass is 268 g/mol. The van der Waals surface area contributed by atoms with Crippen molar-refractivity contribution >= 4 is 27.7 Å². The van der Waals surface area contributed by atoms with Gasteiger partial charge in [0.05, 0.1) is 0 Å². The van der Waals surface area contributed by atoms with Crippen LogP contribution in [0.2, 0.25) is 0 Å². The van der Waals surface area contributed by atoms with Crippen LogP contribution in [0.25, 0.3) is 21.7 Å². The summed E-state index contributed by atoms with van der Waals surface area (Å²) in [7, 11) is 0. The Morgan fingerprint density at radius 2 is 1.85 bits per heavy atom. The van der Waals surface area contributed by atoms with Crippen molar-refractivity contribution < 1.29 is 13.9 Å². The second-order valence-electron chi connectivity index (χ2n) is 4.64. The van der Waals surface area contributed by atoms with Crippen LogP contribution in [0.5, 0.6) is 5.75 Å². The summed E-state index contributed by atoms with van der Waals surface area (Å²) < 4.78 is 10.5. The Labute approximate surface area is 114 Å². The van der Waals surface area contributed by atoms with Gasteiger partial charge in [0.1, 0.15) is 11.3 Å². The zero-order valence-electron chi connectivity index (χ0n) is 11.1. The van der Waals surface area contributed by atoms with Crippen LogP contribution >= 0.6 is 0 Å². The smallest absolute Gasteiger partial charge is 0.336 e. The van der Waals surface area contributed by atoms with E-state index in [0.29, 0.717) is 11.3 Å². The molecule has 4 heteroatoms. The van der Waals surface area contributed by atoms with Crippen LogP contribution in [0.15, 0.2) is 45.6 Å². The molecule has 0 aliphatic heterocycles. The highest BCUT2D eigenvalue weighted by Gasteiger charge is 2.10. The van der Waals surface area contributed by atoms with Gasteiger partial charge in [-0.1, -0.05) is 18.2 Å². The first kappa shape index (κ1) is 12.4. The predicted octanol–water partition coefficient (Wildman–Crippen LogP) is 3.18. The highest BCUT2D eigenvalue weighted by molar-refractivity contribution is 6.07. The molecule has 2 aromatic carbocycles. The van der Waals surface area contributed by atoms with E-state index in [1.807, 2.05) is 25.1 Å². The molecule has 0 amide bonds. The summed E-state index contributed by atoms with van der Waals surface area (Å²) in [4.78, 5) is 22.7. The van der Waals surface area contributed by atoms with Crippen LogP contribution in [-0.2, 0) is 4.79 Å². The fourth-order valence-corrected chi connectivity index (χ4v) is 2.35. The largest absolute Gasteiger partial charge is 0.426 e. The van der Waals surface area contributed by atoms with Crippen molar-refractivity contribution in [2.45, 2.75) is 13.8 Å². The minimum atomic E-state index is -0.389. The van der Waals surface area contributed by atoms with Crippen LogP contribution in [0.4, 0.5) is 0 Å². The molecular formula is C16H12O4. The number of benzene rings is 2. The van der Waals surface area contributed by atoms with Gasteiger partial charge in [-0.15, -0.1) is 0 Å². The lowest BCUT2D eigenvalue weighted by Gasteiger charge is -2.08. The van der Waals surface area contributed by atoms with Gasteiger partial charge in [0.2, 0.25) is 0 Å². The predicted molar refractivity (Wildman–Crippen MR) is 76.0 cm³/mol. The second-order valence-corrected chi connectivity index (χ2v) is 4.64. The van der Waals surface area contributed by atoms with Crippen LogP contribution in [-0.4, -0.2) is 5.97 Å². The van der Waals surface area contributed by atoms with Crippen molar-refractivity contribution in [1.29, 1.82) is 0 Å². The zero-order chi connectivity index (χ0) is 14.3. The molecule has 0 spiro atoms. The molecular weight excluding hydrogens is 256 g/mol. The molecule has 3 aromatic rings. The highest BCUT2D eigenvalue weighted by Crippen LogP contribution is 2.32. The third-order valence-corrected chi connectivity index (χ3v) is 3.19. The van der Waals surface area contributed by atoms with Gasteiger partial charge in [0.25, 0.3) is 0 Å². The lowest BCUT2D eigenvalue weighted by atomic mass is 10.0. The van der Waals surface area contributed by atoms with Crippen molar-refractivity contribution in [2.75, 3.05) is 0 Å². The van der Waals surface area contributed by atoms with E-state index in [1.54, 1.807) is 12.1 Å². The minimum absolute atomic E-state index is 0.386. The number of carbonyl (C=O) groups is 1. The molecule has 0 saturated heterocycles. The summed E-state index contributed by atoms with van der Waals surface area (Å²) in [5, 5.41) is 2.36. The van der Waals surface area contributed by atoms with Gasteiger partial charge in [-0.3, -0.25) is 4.79 Å². The molecule has 4 nitrogen and oxygen atoms in total. The summed E-state index contributed by atoms with van der Waals surface area (Å²) in [5.41, 5.74) is 0.984. The molecule has 20 heavy (non-hydrogen) atoms. The van der Waals surface area contributed by atoms with Crippen molar-refractivity contribution in [3.63, 3.8) is 0 Å². The van der Waals surface area contributed by atoms with Gasteiger partial charge >= 0.3 is 11.6 Å². The number of aryl methyl sites for hydroxylation is 1. The number of fused-ring (bicyclic) bond motifs is 3. The Hall–Kier alpha value is -2.62. The third kappa shape index (κ3) is 1.95. The molecule has 3 rings (SSSR count). The van der Waals surface area contributed by atoms with Crippen molar-refractivity contribution in [2.24, 2.45) is 0 Å². The first-order chi connectivity index (χ1) is 9.56. The molecule has 0 aliphatic carbocycles. The normalized spacial score (nSPS) is 10.9. The summed E-state index contributed by atoms with van der Waals surface area (Å²) in [6.45, 7) is 3.21. The fraction of sp³-hybridized carbons (Fsp3) is 0.125. The number of esters is 1. The average Bonchev–Trinajstić information content (AvgIpc) is 2.38. The zero-order valence-corrected chi connectivity index (χ0v) is 11.1. The SMILES string of the molecule is CC(=O)Oc1cccc2c1ccc1c(C)cc(=O)oc12. The van der Waals surface area contributed by atoms with Crippen molar-refractivity contribution in [3.8, 4) is 5.75 Å². The summed E-state index contributed by atoms with van der Waals surface area (Å²) in [5.74, 6) is 0.0735. The van der Waals surface area contributed by atoms with E-state index in [1.165, 1.54) is 13.0 Å². The Morgan fingerprint density at radius 1 is 1.10 bits per heavy atom. The lowest BCUT2D eigenvalue weighted by Crippen LogP contribution is -2.02. The van der Waals surface area contributed by atoms with E-state index in [0.717, 1.165) is 21.7 Å². The maximum Gasteiger partial charge on any atom is 0.336 e. The first-order valence-corrected chi connectivity index (χ1v) is 6.21. The standard InChI is InChI=1S/C16H12O4/c1-9-8-15(18)20-16-11(9)6-7-12-13(16)4-3-5-14(12)19-10(2)17/h3-8H,1-2H3. The molecule has 0 aliphatic rings. The van der Waals surface area contributed by atoms with Gasteiger partial charge < -0.3 is 9.15 Å². The topological polar surface area (TPSA) is 56.5 Å². The van der Waals surface area contributed by atoms with Gasteiger partial charge in [0, 0.05) is 29.1 Å². The third-order valence-electron chi connectivity index (χ3n) is 3.19. The van der Waals surface area contributed by atoms with Gasteiger partial charge in [-0.2, -0.15) is 0 Å². The Bertz CT molecular complexity index is 890. The van der Waals surface area contributed by atoms with Crippen LogP contribution in [0.1, 0.15) is 12.5 Å². The van der Waals surface area contributed by atoms with Gasteiger partial charge in [-0.25, -0.2) is 4.79 Å². The number of hydrogen-bond acceptors (Lipinski definition) is 4. The molecule has 0 unspecified atom stereocenters. The Kier molecular flexibility index (Phi) is 2.79. The van der Waals surface area contributed by atoms with E-state index in [-0.39, 0.29) is 11.6 Å². The van der Waals surface area contributed by atoms with E-state index in [2.05, 4.69) is 0 Å². The Balaban J connectivity index is 2.43. The maximum absolute atomic E-state index is 11.6. The van der Waals surface area contributed by atoms with Crippen molar-refractivity contribution in [1.82, 2.24) is 0 Å². The maximum atomic E-state index is 11.6. The van der Waals surface area contributed by atoms with Crippen LogP contribution in [0, 0.1) is 6.92 Å². The minimum Gasteiger partial charge on any atom is -0.426 e. The molecule has 1 aromatic heterocycles. The molecule has 100 valence electrons. The molecule has 0 radical (unpaired) electrons. The summed E-state index contributed by atoms with van der Waals surface area (Å²) in [6.07, 6.45) is 0. The first-order valence-electron chi connectivity index (χ1n) is 6.21. The lowest BCUT2D eigenvalue weighted by molar-refractivity contribution is -0.131. The van der Waals surface area contributed by atoms with Crippen LogP contribution in [0.3, 0.4) is 0 Å². The number of rotatable bonds is 1. The second kappa shape index (κ2) is 4.49. The molecule has 0 atom stereocenters. The summed E-state index contributed by atoms with van der Waals surface area (Å²) in [6, 6.07) is 10.5. The Morgan fingerprint density at radius 3 is 2.60 bits per heavy atom. The highest BCUT2D eigenvalue weighted by atomic mass is 16.5. The van der Waals surface area contributed by atoms with E-state index in [9.17, 15) is 9.59 Å². The molecule has 1 heterocycles. The molecule has 0 fully saturated rings. The van der Waals surface area contributed by atoms with Crippen LogP contribution < -0.4 is 10.4 Å². The van der Waals surface area contributed by atoms with E-state index >= 15 is 0 Å². The fourth-order valence-electron chi connectivity index (χ4n) is 2.35.